The van der Waals surface area contributed by atoms with Crippen molar-refractivity contribution >= 4 is 16.1 Å². The van der Waals surface area contributed by atoms with Gasteiger partial charge in [0, 0.05) is 32.4 Å². The van der Waals surface area contributed by atoms with Crippen LogP contribution in [0, 0.1) is 0 Å². The standard InChI is InChI=1S/C11H21N3O3S/c1-4-10(2)9-12-11(15)13-5-7-14(8-6-13)18(3,16)17/h9H,4-8H2,1-3H3,(H,12,15)/b10-9+. The maximum absolute atomic E-state index is 11.8. The molecule has 1 heterocycles. The molecule has 1 N–H and O–H groups in total. The molecular weight excluding hydrogens is 254 g/mol. The molecule has 2 amide bonds. The smallest absolute Gasteiger partial charge is 0.321 e. The van der Waals surface area contributed by atoms with Crippen LogP contribution in [0.5, 0.6) is 0 Å². The number of carbonyl (C=O) groups excluding carboxylic acids is 1. The molecule has 1 aliphatic heterocycles. The van der Waals surface area contributed by atoms with Gasteiger partial charge in [0.05, 0.1) is 6.26 Å². The first-order chi connectivity index (χ1) is 8.34. The molecule has 1 saturated heterocycles. The van der Waals surface area contributed by atoms with Crippen molar-refractivity contribution < 1.29 is 13.2 Å². The lowest BCUT2D eigenvalue weighted by Gasteiger charge is -2.32. The van der Waals surface area contributed by atoms with Crippen molar-refractivity contribution in [3.05, 3.63) is 11.8 Å². The highest BCUT2D eigenvalue weighted by Gasteiger charge is 2.25. The number of amides is 2. The third-order valence-electron chi connectivity index (χ3n) is 2.99. The van der Waals surface area contributed by atoms with E-state index in [1.165, 1.54) is 10.6 Å². The van der Waals surface area contributed by atoms with Crippen molar-refractivity contribution in [3.63, 3.8) is 0 Å². The monoisotopic (exact) mass is 275 g/mol. The van der Waals surface area contributed by atoms with Crippen molar-refractivity contribution in [1.82, 2.24) is 14.5 Å². The maximum atomic E-state index is 11.8. The van der Waals surface area contributed by atoms with Crippen LogP contribution in [0.3, 0.4) is 0 Å². The van der Waals surface area contributed by atoms with E-state index in [-0.39, 0.29) is 6.03 Å². The minimum absolute atomic E-state index is 0.170. The Morgan fingerprint density at radius 2 is 1.83 bits per heavy atom. The molecule has 0 unspecified atom stereocenters. The molecule has 0 aliphatic carbocycles. The molecule has 0 bridgehead atoms. The Morgan fingerprint density at radius 1 is 1.28 bits per heavy atom. The van der Waals surface area contributed by atoms with Crippen LogP contribution in [0.25, 0.3) is 0 Å². The number of urea groups is 1. The minimum atomic E-state index is -3.14. The molecule has 6 nitrogen and oxygen atoms in total. The normalized spacial score (nSPS) is 18.8. The molecule has 0 saturated carbocycles. The summed E-state index contributed by atoms with van der Waals surface area (Å²) in [6.45, 7) is 5.55. The van der Waals surface area contributed by atoms with Gasteiger partial charge >= 0.3 is 6.03 Å². The number of allylic oxidation sites excluding steroid dienone is 1. The highest BCUT2D eigenvalue weighted by molar-refractivity contribution is 7.88. The summed E-state index contributed by atoms with van der Waals surface area (Å²) in [5.74, 6) is 0. The molecule has 1 fully saturated rings. The van der Waals surface area contributed by atoms with Gasteiger partial charge in [-0.15, -0.1) is 0 Å². The zero-order valence-electron chi connectivity index (χ0n) is 11.1. The maximum Gasteiger partial charge on any atom is 0.321 e. The average molecular weight is 275 g/mol. The molecule has 0 radical (unpaired) electrons. The SMILES string of the molecule is CC/C(C)=C/NC(=O)N1CCN(S(C)(=O)=O)CC1. The van der Waals surface area contributed by atoms with E-state index in [0.29, 0.717) is 26.2 Å². The van der Waals surface area contributed by atoms with Crippen molar-refractivity contribution in [3.8, 4) is 0 Å². The molecule has 104 valence electrons. The zero-order valence-corrected chi connectivity index (χ0v) is 12.0. The van der Waals surface area contributed by atoms with Gasteiger partial charge in [-0.3, -0.25) is 0 Å². The fourth-order valence-electron chi connectivity index (χ4n) is 1.60. The number of sulfonamides is 1. The lowest BCUT2D eigenvalue weighted by atomic mass is 10.3. The minimum Gasteiger partial charge on any atom is -0.322 e. The number of hydrogen-bond acceptors (Lipinski definition) is 3. The van der Waals surface area contributed by atoms with Gasteiger partial charge in [-0.05, 0) is 13.3 Å². The Morgan fingerprint density at radius 3 is 2.28 bits per heavy atom. The number of nitrogens with zero attached hydrogens (tertiary/aromatic N) is 2. The Balaban J connectivity index is 2.46. The van der Waals surface area contributed by atoms with Crippen LogP contribution in [0.1, 0.15) is 20.3 Å². The second-order valence-electron chi connectivity index (χ2n) is 4.44. The quantitative estimate of drug-likeness (QED) is 0.819. The van der Waals surface area contributed by atoms with Gasteiger partial charge in [-0.25, -0.2) is 13.2 Å². The first-order valence-corrected chi connectivity index (χ1v) is 7.85. The van der Waals surface area contributed by atoms with Crippen LogP contribution < -0.4 is 5.32 Å². The van der Waals surface area contributed by atoms with Crippen molar-refractivity contribution in [2.45, 2.75) is 20.3 Å². The lowest BCUT2D eigenvalue weighted by Crippen LogP contribution is -2.52. The van der Waals surface area contributed by atoms with Crippen molar-refractivity contribution in [2.75, 3.05) is 32.4 Å². The van der Waals surface area contributed by atoms with Crippen LogP contribution in [-0.4, -0.2) is 56.1 Å². The van der Waals surface area contributed by atoms with E-state index in [1.807, 2.05) is 13.8 Å². The number of rotatable bonds is 3. The van der Waals surface area contributed by atoms with Crippen molar-refractivity contribution in [1.29, 1.82) is 0 Å². The van der Waals surface area contributed by atoms with Crippen LogP contribution in [0.15, 0.2) is 11.8 Å². The second kappa shape index (κ2) is 6.19. The van der Waals surface area contributed by atoms with E-state index >= 15 is 0 Å². The molecule has 1 rings (SSSR count). The zero-order chi connectivity index (χ0) is 13.8. The summed E-state index contributed by atoms with van der Waals surface area (Å²) < 4.78 is 24.0. The average Bonchev–Trinajstić information content (AvgIpc) is 2.34. The third kappa shape index (κ3) is 4.30. The second-order valence-corrected chi connectivity index (χ2v) is 6.43. The van der Waals surface area contributed by atoms with E-state index in [2.05, 4.69) is 5.32 Å². The summed E-state index contributed by atoms with van der Waals surface area (Å²) in [4.78, 5) is 13.4. The summed E-state index contributed by atoms with van der Waals surface area (Å²) >= 11 is 0. The van der Waals surface area contributed by atoms with Gasteiger partial charge in [-0.1, -0.05) is 12.5 Å². The van der Waals surface area contributed by atoms with E-state index in [4.69, 9.17) is 0 Å². The Kier molecular flexibility index (Phi) is 5.15. The summed E-state index contributed by atoms with van der Waals surface area (Å²) in [7, 11) is -3.14. The Bertz CT molecular complexity index is 423. The molecular formula is C11H21N3O3S. The largest absolute Gasteiger partial charge is 0.322 e. The van der Waals surface area contributed by atoms with Crippen LogP contribution >= 0.6 is 0 Å². The third-order valence-corrected chi connectivity index (χ3v) is 4.30. The van der Waals surface area contributed by atoms with Crippen molar-refractivity contribution in [2.24, 2.45) is 0 Å². The van der Waals surface area contributed by atoms with Gasteiger partial charge in [0.15, 0.2) is 0 Å². The van der Waals surface area contributed by atoms with E-state index in [1.54, 1.807) is 11.1 Å². The van der Waals surface area contributed by atoms with Gasteiger partial charge in [0.25, 0.3) is 0 Å². The molecule has 0 atom stereocenters. The molecule has 18 heavy (non-hydrogen) atoms. The number of carbonyl (C=O) groups is 1. The predicted octanol–water partition coefficient (Wildman–Crippen LogP) is 0.587. The highest BCUT2D eigenvalue weighted by atomic mass is 32.2. The first kappa shape index (κ1) is 15.0. The number of piperazine rings is 1. The summed E-state index contributed by atoms with van der Waals surface area (Å²) in [5.41, 5.74) is 1.10. The van der Waals surface area contributed by atoms with Crippen LogP contribution in [0.2, 0.25) is 0 Å². The van der Waals surface area contributed by atoms with E-state index in [0.717, 1.165) is 12.0 Å². The fraction of sp³-hybridized carbons (Fsp3) is 0.727. The fourth-order valence-corrected chi connectivity index (χ4v) is 2.43. The lowest BCUT2D eigenvalue weighted by molar-refractivity contribution is 0.175. The van der Waals surface area contributed by atoms with Gasteiger partial charge in [0.1, 0.15) is 0 Å². The van der Waals surface area contributed by atoms with E-state index < -0.39 is 10.0 Å². The molecule has 1 aliphatic rings. The Labute approximate surface area is 109 Å². The molecule has 0 aromatic carbocycles. The number of nitrogens with one attached hydrogen (secondary N) is 1. The topological polar surface area (TPSA) is 69.7 Å². The molecule has 7 heteroatoms. The predicted molar refractivity (Wildman–Crippen MR) is 70.6 cm³/mol. The Hall–Kier alpha value is -1.08. The van der Waals surface area contributed by atoms with Gasteiger partial charge in [0.2, 0.25) is 10.0 Å². The highest BCUT2D eigenvalue weighted by Crippen LogP contribution is 2.06. The van der Waals surface area contributed by atoms with Crippen LogP contribution in [0.4, 0.5) is 4.79 Å². The summed E-state index contributed by atoms with van der Waals surface area (Å²) in [6, 6.07) is -0.170. The summed E-state index contributed by atoms with van der Waals surface area (Å²) in [5, 5.41) is 2.71. The molecule has 0 spiro atoms. The van der Waals surface area contributed by atoms with Gasteiger partial charge < -0.3 is 10.2 Å². The molecule has 0 aromatic rings. The first-order valence-electron chi connectivity index (χ1n) is 6.00. The summed E-state index contributed by atoms with van der Waals surface area (Å²) in [6.07, 6.45) is 3.78. The van der Waals surface area contributed by atoms with Crippen LogP contribution in [-0.2, 0) is 10.0 Å². The van der Waals surface area contributed by atoms with E-state index in [9.17, 15) is 13.2 Å². The molecule has 0 aromatic heterocycles. The number of hydrogen-bond donors (Lipinski definition) is 1. The van der Waals surface area contributed by atoms with Gasteiger partial charge in [-0.2, -0.15) is 4.31 Å².